The first-order chi connectivity index (χ1) is 32.8. The van der Waals surface area contributed by atoms with Crippen molar-refractivity contribution in [3.63, 3.8) is 0 Å². The normalized spacial score (nSPS) is 9.74. The third-order valence-corrected chi connectivity index (χ3v) is 9.71. The SMILES string of the molecule is O=C([O-])c1ccccc1C(=O)c1ccccc1.O=C([O-])c1ccccc1C(=O)c1ccccc1.O=C([O-])c1ccccc1C(=O)c1ccccc1.O=C([O-])c1ccccc1C(=O)c1ccccc1.[Pb]. The van der Waals surface area contributed by atoms with Crippen molar-refractivity contribution in [2.45, 2.75) is 0 Å². The van der Waals surface area contributed by atoms with Crippen molar-refractivity contribution in [1.82, 2.24) is 0 Å². The molecular formula is C56H36O12Pb-4. The van der Waals surface area contributed by atoms with Crippen LogP contribution in [-0.4, -0.2) is 74.3 Å². The number of ketones is 4. The molecule has 8 aromatic rings. The summed E-state index contributed by atoms with van der Waals surface area (Å²) in [6.07, 6.45) is 0. The van der Waals surface area contributed by atoms with Crippen LogP contribution in [0.4, 0.5) is 0 Å². The van der Waals surface area contributed by atoms with Gasteiger partial charge in [0.15, 0.2) is 23.1 Å². The van der Waals surface area contributed by atoms with Gasteiger partial charge in [-0.3, -0.25) is 19.2 Å². The zero-order chi connectivity index (χ0) is 49.0. The van der Waals surface area contributed by atoms with Gasteiger partial charge in [0.05, 0.1) is 23.9 Å². The van der Waals surface area contributed by atoms with Crippen LogP contribution in [0.25, 0.3) is 0 Å². The molecule has 0 fully saturated rings. The Bertz CT molecular complexity index is 2660. The molecule has 4 radical (unpaired) electrons. The van der Waals surface area contributed by atoms with E-state index in [1.165, 1.54) is 48.5 Å². The molecule has 13 heteroatoms. The van der Waals surface area contributed by atoms with E-state index in [-0.39, 0.29) is 94.9 Å². The molecule has 69 heavy (non-hydrogen) atoms. The molecule has 0 saturated carbocycles. The monoisotopic (exact) mass is 1110 g/mol. The van der Waals surface area contributed by atoms with E-state index in [1.807, 2.05) is 0 Å². The van der Waals surface area contributed by atoms with Gasteiger partial charge in [-0.05, 0) is 0 Å². The zero-order valence-corrected chi connectivity index (χ0v) is 40.1. The van der Waals surface area contributed by atoms with Crippen LogP contribution in [0.3, 0.4) is 0 Å². The Morgan fingerprint density at radius 2 is 0.333 bits per heavy atom. The average Bonchev–Trinajstić information content (AvgIpc) is 3.39. The van der Waals surface area contributed by atoms with E-state index in [2.05, 4.69) is 0 Å². The Morgan fingerprint density at radius 3 is 0.478 bits per heavy atom. The molecule has 0 atom stereocenters. The number of hydrogen-bond acceptors (Lipinski definition) is 12. The largest absolute Gasteiger partial charge is 0.545 e. The summed E-state index contributed by atoms with van der Waals surface area (Å²) in [5.74, 6) is -6.63. The first kappa shape index (κ1) is 52.9. The predicted octanol–water partition coefficient (Wildman–Crippen LogP) is 4.74. The smallest absolute Gasteiger partial charge is 0.193 e. The second-order valence-corrected chi connectivity index (χ2v) is 14.1. The fraction of sp³-hybridized carbons (Fsp3) is 0. The van der Waals surface area contributed by atoms with Crippen molar-refractivity contribution in [2.24, 2.45) is 0 Å². The first-order valence-electron chi connectivity index (χ1n) is 20.4. The van der Waals surface area contributed by atoms with Crippen LogP contribution < -0.4 is 20.4 Å². The van der Waals surface area contributed by atoms with Crippen LogP contribution in [0.15, 0.2) is 218 Å². The standard InChI is InChI=1S/4C14H10O3.Pb/c4*15-13(10-6-2-1-3-7-10)11-8-4-5-9-12(11)14(16)17;/h4*1-9H,(H,16,17);/p-4. The van der Waals surface area contributed by atoms with Crippen LogP contribution in [-0.2, 0) is 0 Å². The number of carbonyl (C=O) groups is 8. The van der Waals surface area contributed by atoms with E-state index in [4.69, 9.17) is 0 Å². The molecule has 8 rings (SSSR count). The molecule has 0 saturated heterocycles. The van der Waals surface area contributed by atoms with Gasteiger partial charge >= 0.3 is 0 Å². The fourth-order valence-electron chi connectivity index (χ4n) is 6.42. The Labute approximate surface area is 416 Å². The molecule has 0 aromatic heterocycles. The molecule has 0 amide bonds. The van der Waals surface area contributed by atoms with Gasteiger partial charge in [0.1, 0.15) is 0 Å². The van der Waals surface area contributed by atoms with E-state index in [0.29, 0.717) is 22.3 Å². The van der Waals surface area contributed by atoms with E-state index in [1.54, 1.807) is 170 Å². The Kier molecular flexibility index (Phi) is 20.2. The van der Waals surface area contributed by atoms with Crippen LogP contribution in [0, 0.1) is 0 Å². The van der Waals surface area contributed by atoms with E-state index in [9.17, 15) is 58.8 Å². The first-order valence-corrected chi connectivity index (χ1v) is 20.4. The number of carboxylic acids is 4. The van der Waals surface area contributed by atoms with Gasteiger partial charge in [0.25, 0.3) is 0 Å². The van der Waals surface area contributed by atoms with Crippen molar-refractivity contribution in [1.29, 1.82) is 0 Å². The minimum absolute atomic E-state index is 0. The maximum Gasteiger partial charge on any atom is 0.193 e. The van der Waals surface area contributed by atoms with Crippen molar-refractivity contribution in [3.8, 4) is 0 Å². The Hall–Kier alpha value is -8.76. The molecule has 0 N–H and O–H groups in total. The average molecular weight is 1110 g/mol. The van der Waals surface area contributed by atoms with Gasteiger partial charge in [-0.1, -0.05) is 218 Å². The summed E-state index contributed by atoms with van der Waals surface area (Å²) in [4.78, 5) is 91.9. The summed E-state index contributed by atoms with van der Waals surface area (Å²) in [6.45, 7) is 0. The fourth-order valence-corrected chi connectivity index (χ4v) is 6.42. The maximum atomic E-state index is 12.1. The zero-order valence-electron chi connectivity index (χ0n) is 36.2. The number of aromatic carboxylic acids is 4. The third-order valence-electron chi connectivity index (χ3n) is 9.71. The molecule has 0 bridgehead atoms. The molecule has 0 unspecified atom stereocenters. The summed E-state index contributed by atoms with van der Waals surface area (Å²) in [6, 6.07) is 58.4. The molecule has 0 heterocycles. The maximum absolute atomic E-state index is 12.1. The van der Waals surface area contributed by atoms with Crippen molar-refractivity contribution in [3.05, 3.63) is 285 Å². The van der Waals surface area contributed by atoms with Crippen LogP contribution in [0.2, 0.25) is 0 Å². The number of rotatable bonds is 12. The molecule has 12 nitrogen and oxygen atoms in total. The molecule has 340 valence electrons. The van der Waals surface area contributed by atoms with Gasteiger partial charge in [-0.15, -0.1) is 0 Å². The third kappa shape index (κ3) is 14.6. The van der Waals surface area contributed by atoms with E-state index >= 15 is 0 Å². The number of benzene rings is 8. The molecular weight excluding hydrogens is 1070 g/mol. The van der Waals surface area contributed by atoms with Gasteiger partial charge in [0.2, 0.25) is 0 Å². The number of hydrogen-bond donors (Lipinski definition) is 0. The second kappa shape index (κ2) is 26.4. The Morgan fingerprint density at radius 1 is 0.203 bits per heavy atom. The molecule has 8 aromatic carbocycles. The van der Waals surface area contributed by atoms with Crippen LogP contribution in [0.5, 0.6) is 0 Å². The number of carboxylic acid groups (broad SMARTS) is 4. The van der Waals surface area contributed by atoms with Crippen molar-refractivity contribution >= 4 is 74.3 Å². The summed E-state index contributed by atoms with van der Waals surface area (Å²) in [5, 5.41) is 43.6. The topological polar surface area (TPSA) is 229 Å². The summed E-state index contributed by atoms with van der Waals surface area (Å²) in [5.41, 5.74) is 2.12. The van der Waals surface area contributed by atoms with Gasteiger partial charge in [-0.2, -0.15) is 0 Å². The second-order valence-electron chi connectivity index (χ2n) is 14.1. The van der Waals surface area contributed by atoms with E-state index < -0.39 is 23.9 Å². The summed E-state index contributed by atoms with van der Waals surface area (Å²) in [7, 11) is 0. The summed E-state index contributed by atoms with van der Waals surface area (Å²) < 4.78 is 0. The molecule has 0 aliphatic carbocycles. The van der Waals surface area contributed by atoms with Gasteiger partial charge in [0, 0.05) is 94.1 Å². The van der Waals surface area contributed by atoms with Gasteiger partial charge < -0.3 is 39.6 Å². The minimum Gasteiger partial charge on any atom is -0.545 e. The van der Waals surface area contributed by atoms with Crippen LogP contribution in [0.1, 0.15) is 105 Å². The molecule has 0 aliphatic rings. The van der Waals surface area contributed by atoms with Crippen molar-refractivity contribution < 1.29 is 58.8 Å². The van der Waals surface area contributed by atoms with Crippen molar-refractivity contribution in [2.75, 3.05) is 0 Å². The van der Waals surface area contributed by atoms with E-state index in [0.717, 1.165) is 0 Å². The Balaban J connectivity index is 0.000000199. The van der Waals surface area contributed by atoms with Gasteiger partial charge in [-0.25, -0.2) is 0 Å². The summed E-state index contributed by atoms with van der Waals surface area (Å²) >= 11 is 0. The number of carbonyl (C=O) groups excluding carboxylic acids is 8. The quantitative estimate of drug-likeness (QED) is 0.119. The predicted molar refractivity (Wildman–Crippen MR) is 248 cm³/mol. The molecule has 0 aliphatic heterocycles. The minimum atomic E-state index is -1.34. The van der Waals surface area contributed by atoms with Crippen LogP contribution >= 0.6 is 0 Å². The molecule has 0 spiro atoms.